The van der Waals surface area contributed by atoms with Crippen LogP contribution in [-0.2, 0) is 0 Å². The summed E-state index contributed by atoms with van der Waals surface area (Å²) < 4.78 is 38.5. The number of hydrogen-bond donors (Lipinski definition) is 0. The number of rotatable bonds is 2. The van der Waals surface area contributed by atoms with Crippen LogP contribution in [0.1, 0.15) is 5.56 Å². The van der Waals surface area contributed by atoms with Gasteiger partial charge in [0.2, 0.25) is 5.88 Å². The Kier molecular flexibility index (Phi) is 2.55. The zero-order valence-corrected chi connectivity index (χ0v) is 6.51. The van der Waals surface area contributed by atoms with Gasteiger partial charge in [-0.1, -0.05) is 12.7 Å². The SMILES string of the molecule is C=Cc1ccc(OC(F)(F)F)nc1. The summed E-state index contributed by atoms with van der Waals surface area (Å²) in [5.74, 6) is -0.474. The van der Waals surface area contributed by atoms with Crippen molar-refractivity contribution < 1.29 is 17.9 Å². The average molecular weight is 189 g/mol. The van der Waals surface area contributed by atoms with E-state index in [1.54, 1.807) is 0 Å². The number of pyridine rings is 1. The lowest BCUT2D eigenvalue weighted by molar-refractivity contribution is -0.276. The summed E-state index contributed by atoms with van der Waals surface area (Å²) in [4.78, 5) is 3.42. The lowest BCUT2D eigenvalue weighted by atomic mass is 10.3. The summed E-state index contributed by atoms with van der Waals surface area (Å²) in [6, 6.07) is 2.56. The smallest absolute Gasteiger partial charge is 0.388 e. The highest BCUT2D eigenvalue weighted by molar-refractivity contribution is 5.45. The molecule has 1 aromatic heterocycles. The van der Waals surface area contributed by atoms with Crippen LogP contribution >= 0.6 is 0 Å². The van der Waals surface area contributed by atoms with Crippen molar-refractivity contribution in [1.82, 2.24) is 4.98 Å². The summed E-state index contributed by atoms with van der Waals surface area (Å²) in [7, 11) is 0. The Balaban J connectivity index is 2.75. The summed E-state index contributed by atoms with van der Waals surface area (Å²) >= 11 is 0. The minimum absolute atomic E-state index is 0.474. The molecule has 1 rings (SSSR count). The fraction of sp³-hybridized carbons (Fsp3) is 0.125. The predicted molar refractivity (Wildman–Crippen MR) is 41.0 cm³/mol. The lowest BCUT2D eigenvalue weighted by Crippen LogP contribution is -2.17. The van der Waals surface area contributed by atoms with E-state index in [1.807, 2.05) is 0 Å². The van der Waals surface area contributed by atoms with Gasteiger partial charge in [0.1, 0.15) is 0 Å². The molecule has 70 valence electrons. The van der Waals surface area contributed by atoms with Gasteiger partial charge >= 0.3 is 6.36 Å². The molecule has 0 bridgehead atoms. The number of nitrogens with zero attached hydrogens (tertiary/aromatic N) is 1. The topological polar surface area (TPSA) is 22.1 Å². The maximum Gasteiger partial charge on any atom is 0.574 e. The van der Waals surface area contributed by atoms with Gasteiger partial charge in [-0.2, -0.15) is 0 Å². The van der Waals surface area contributed by atoms with E-state index >= 15 is 0 Å². The van der Waals surface area contributed by atoms with E-state index in [0.29, 0.717) is 5.56 Å². The summed E-state index contributed by atoms with van der Waals surface area (Å²) in [5, 5.41) is 0. The molecule has 0 aromatic carbocycles. The first-order chi connectivity index (χ1) is 6.01. The highest BCUT2D eigenvalue weighted by Crippen LogP contribution is 2.20. The third-order valence-corrected chi connectivity index (χ3v) is 1.22. The third kappa shape index (κ3) is 3.14. The predicted octanol–water partition coefficient (Wildman–Crippen LogP) is 2.62. The second-order valence-corrected chi connectivity index (χ2v) is 2.18. The quantitative estimate of drug-likeness (QED) is 0.713. The van der Waals surface area contributed by atoms with Gasteiger partial charge < -0.3 is 4.74 Å². The molecule has 0 spiro atoms. The molecule has 0 atom stereocenters. The van der Waals surface area contributed by atoms with Crippen LogP contribution in [0.15, 0.2) is 24.9 Å². The highest BCUT2D eigenvalue weighted by Gasteiger charge is 2.31. The molecule has 2 nitrogen and oxygen atoms in total. The molecular formula is C8H6F3NO. The Hall–Kier alpha value is -1.52. The first-order valence-corrected chi connectivity index (χ1v) is 3.35. The van der Waals surface area contributed by atoms with E-state index in [-0.39, 0.29) is 0 Å². The van der Waals surface area contributed by atoms with Gasteiger partial charge in [0.05, 0.1) is 0 Å². The Morgan fingerprint density at radius 1 is 1.38 bits per heavy atom. The van der Waals surface area contributed by atoms with E-state index in [2.05, 4.69) is 16.3 Å². The van der Waals surface area contributed by atoms with E-state index in [0.717, 1.165) is 6.07 Å². The molecule has 0 aliphatic heterocycles. The van der Waals surface area contributed by atoms with Crippen molar-refractivity contribution in [2.24, 2.45) is 0 Å². The molecule has 0 saturated carbocycles. The molecule has 0 radical (unpaired) electrons. The maximum absolute atomic E-state index is 11.6. The van der Waals surface area contributed by atoms with Crippen molar-refractivity contribution in [1.29, 1.82) is 0 Å². The van der Waals surface area contributed by atoms with Gasteiger partial charge in [0, 0.05) is 12.3 Å². The molecule has 0 unspecified atom stereocenters. The Bertz CT molecular complexity index is 291. The first-order valence-electron chi connectivity index (χ1n) is 3.35. The van der Waals surface area contributed by atoms with Crippen molar-refractivity contribution >= 4 is 6.08 Å². The largest absolute Gasteiger partial charge is 0.574 e. The van der Waals surface area contributed by atoms with E-state index < -0.39 is 12.2 Å². The molecule has 13 heavy (non-hydrogen) atoms. The zero-order valence-electron chi connectivity index (χ0n) is 6.51. The van der Waals surface area contributed by atoms with Crippen molar-refractivity contribution in [2.75, 3.05) is 0 Å². The van der Waals surface area contributed by atoms with Gasteiger partial charge in [0.15, 0.2) is 0 Å². The van der Waals surface area contributed by atoms with Crippen LogP contribution in [0.4, 0.5) is 13.2 Å². The zero-order chi connectivity index (χ0) is 9.90. The van der Waals surface area contributed by atoms with Crippen LogP contribution < -0.4 is 4.74 Å². The van der Waals surface area contributed by atoms with Gasteiger partial charge in [-0.3, -0.25) is 0 Å². The normalized spacial score (nSPS) is 11.0. The molecule has 0 N–H and O–H groups in total. The van der Waals surface area contributed by atoms with Crippen molar-refractivity contribution in [3.8, 4) is 5.88 Å². The van der Waals surface area contributed by atoms with Crippen LogP contribution in [0.3, 0.4) is 0 Å². The fourth-order valence-electron chi connectivity index (χ4n) is 0.691. The summed E-state index contributed by atoms with van der Waals surface area (Å²) in [5.41, 5.74) is 0.634. The molecule has 0 amide bonds. The molecule has 0 aliphatic carbocycles. The summed E-state index contributed by atoms with van der Waals surface area (Å²) in [6.45, 7) is 3.43. The third-order valence-electron chi connectivity index (χ3n) is 1.22. The maximum atomic E-state index is 11.6. The molecular weight excluding hydrogens is 183 g/mol. The summed E-state index contributed by atoms with van der Waals surface area (Å²) in [6.07, 6.45) is -1.97. The van der Waals surface area contributed by atoms with Crippen LogP contribution in [0.25, 0.3) is 6.08 Å². The van der Waals surface area contributed by atoms with Crippen LogP contribution in [0.5, 0.6) is 5.88 Å². The Morgan fingerprint density at radius 3 is 2.46 bits per heavy atom. The molecule has 1 aromatic rings. The number of aromatic nitrogens is 1. The highest BCUT2D eigenvalue weighted by atomic mass is 19.4. The van der Waals surface area contributed by atoms with Crippen molar-refractivity contribution in [3.05, 3.63) is 30.5 Å². The number of alkyl halides is 3. The molecule has 5 heteroatoms. The van der Waals surface area contributed by atoms with E-state index in [4.69, 9.17) is 0 Å². The van der Waals surface area contributed by atoms with Gasteiger partial charge in [-0.25, -0.2) is 4.98 Å². The van der Waals surface area contributed by atoms with Crippen LogP contribution in [-0.4, -0.2) is 11.3 Å². The molecule has 0 fully saturated rings. The number of ether oxygens (including phenoxy) is 1. The second-order valence-electron chi connectivity index (χ2n) is 2.18. The lowest BCUT2D eigenvalue weighted by Gasteiger charge is -2.06. The standard InChI is InChI=1S/C8H6F3NO/c1-2-6-3-4-7(12-5-6)13-8(9,10)11/h2-5H,1H2. The minimum Gasteiger partial charge on any atom is -0.388 e. The van der Waals surface area contributed by atoms with Gasteiger partial charge in [-0.15, -0.1) is 13.2 Å². The van der Waals surface area contributed by atoms with Gasteiger partial charge in [0.25, 0.3) is 0 Å². The molecule has 0 aliphatic rings. The van der Waals surface area contributed by atoms with Crippen LogP contribution in [0, 0.1) is 0 Å². The second kappa shape index (κ2) is 3.47. The van der Waals surface area contributed by atoms with Crippen molar-refractivity contribution in [3.63, 3.8) is 0 Å². The Labute approximate surface area is 72.7 Å². The monoisotopic (exact) mass is 189 g/mol. The number of halogens is 3. The van der Waals surface area contributed by atoms with E-state index in [1.165, 1.54) is 18.3 Å². The average Bonchev–Trinajstić information content (AvgIpc) is 2.03. The van der Waals surface area contributed by atoms with E-state index in [9.17, 15) is 13.2 Å². The Morgan fingerprint density at radius 2 is 2.08 bits per heavy atom. The van der Waals surface area contributed by atoms with Gasteiger partial charge in [-0.05, 0) is 11.6 Å². The van der Waals surface area contributed by atoms with Crippen LogP contribution in [0.2, 0.25) is 0 Å². The molecule has 0 saturated heterocycles. The molecule has 1 heterocycles. The number of hydrogen-bond acceptors (Lipinski definition) is 2. The first kappa shape index (κ1) is 9.57. The van der Waals surface area contributed by atoms with Crippen molar-refractivity contribution in [2.45, 2.75) is 6.36 Å². The minimum atomic E-state index is -4.69. The fourth-order valence-corrected chi connectivity index (χ4v) is 0.691.